The van der Waals surface area contributed by atoms with Crippen LogP contribution in [-0.4, -0.2) is 39.7 Å². The van der Waals surface area contributed by atoms with Gasteiger partial charge in [0.2, 0.25) is 11.7 Å². The highest BCUT2D eigenvalue weighted by Gasteiger charge is 2.33. The predicted molar refractivity (Wildman–Crippen MR) is 119 cm³/mol. The summed E-state index contributed by atoms with van der Waals surface area (Å²) in [6.45, 7) is 1.11. The van der Waals surface area contributed by atoms with Crippen molar-refractivity contribution >= 4 is 21.4 Å². The lowest BCUT2D eigenvalue weighted by Gasteiger charge is -2.32. The van der Waals surface area contributed by atoms with Crippen molar-refractivity contribution in [2.75, 3.05) is 6.26 Å². The SMILES string of the molecule is CS(=O)(=O)c1ccc(CN2Cc3[nH]cnc3C[C@H]2c2nc(-c3ccc(F)c(Cl)c3)no2)cc1. The molecular weight excluding hydrogens is 469 g/mol. The van der Waals surface area contributed by atoms with Gasteiger partial charge in [-0.2, -0.15) is 4.98 Å². The minimum absolute atomic E-state index is 0.0168. The third kappa shape index (κ3) is 4.41. The molecule has 1 N–H and O–H groups in total. The molecule has 3 heterocycles. The second-order valence-corrected chi connectivity index (χ2v) is 10.4. The molecule has 0 amide bonds. The van der Waals surface area contributed by atoms with Crippen molar-refractivity contribution in [1.29, 1.82) is 0 Å². The standard InChI is InChI=1S/C22H19ClFN5O3S/c1-33(30,31)15-5-2-13(3-6-15)10-29-11-19-18(25-12-26-19)9-20(29)22-27-21(28-32-22)14-4-7-17(24)16(23)8-14/h2-8,12,20H,9-11H2,1H3,(H,25,26)/t20-/m0/s1. The number of nitrogens with zero attached hydrogens (tertiary/aromatic N) is 4. The maximum atomic E-state index is 13.5. The van der Waals surface area contributed by atoms with E-state index in [0.717, 1.165) is 17.0 Å². The molecule has 0 radical (unpaired) electrons. The fourth-order valence-electron chi connectivity index (χ4n) is 3.90. The Labute approximate surface area is 194 Å². The lowest BCUT2D eigenvalue weighted by Crippen LogP contribution is -2.34. The zero-order chi connectivity index (χ0) is 23.2. The van der Waals surface area contributed by atoms with Gasteiger partial charge in [-0.05, 0) is 35.9 Å². The Balaban J connectivity index is 1.44. The maximum absolute atomic E-state index is 13.5. The Hall–Kier alpha value is -3.08. The van der Waals surface area contributed by atoms with Crippen molar-refractivity contribution in [2.24, 2.45) is 0 Å². The number of aromatic nitrogens is 4. The topological polar surface area (TPSA) is 105 Å². The molecule has 0 bridgehead atoms. The van der Waals surface area contributed by atoms with Crippen LogP contribution in [0.25, 0.3) is 11.4 Å². The van der Waals surface area contributed by atoms with Gasteiger partial charge in [0, 0.05) is 31.3 Å². The van der Waals surface area contributed by atoms with Gasteiger partial charge in [-0.15, -0.1) is 0 Å². The number of rotatable bonds is 5. The Kier molecular flexibility index (Phi) is 5.51. The van der Waals surface area contributed by atoms with E-state index >= 15 is 0 Å². The van der Waals surface area contributed by atoms with Gasteiger partial charge >= 0.3 is 0 Å². The first-order valence-electron chi connectivity index (χ1n) is 10.1. The molecule has 8 nitrogen and oxygen atoms in total. The monoisotopic (exact) mass is 487 g/mol. The Morgan fingerprint density at radius 1 is 1.24 bits per heavy atom. The zero-order valence-electron chi connectivity index (χ0n) is 17.5. The van der Waals surface area contributed by atoms with Gasteiger partial charge in [-0.3, -0.25) is 4.90 Å². The molecule has 1 aliphatic rings. The number of fused-ring (bicyclic) bond motifs is 1. The molecule has 4 aromatic rings. The molecule has 0 spiro atoms. The van der Waals surface area contributed by atoms with E-state index in [4.69, 9.17) is 16.1 Å². The third-order valence-electron chi connectivity index (χ3n) is 5.64. The Morgan fingerprint density at radius 2 is 2.03 bits per heavy atom. The van der Waals surface area contributed by atoms with Crippen LogP contribution in [0.4, 0.5) is 4.39 Å². The van der Waals surface area contributed by atoms with Crippen LogP contribution in [-0.2, 0) is 29.3 Å². The number of benzene rings is 2. The summed E-state index contributed by atoms with van der Waals surface area (Å²) in [5, 5.41) is 4.05. The van der Waals surface area contributed by atoms with Crippen molar-refractivity contribution in [3.05, 3.63) is 82.5 Å². The van der Waals surface area contributed by atoms with Gasteiger partial charge in [-0.25, -0.2) is 17.8 Å². The van der Waals surface area contributed by atoms with Crippen molar-refractivity contribution in [1.82, 2.24) is 25.0 Å². The summed E-state index contributed by atoms with van der Waals surface area (Å²) in [5.74, 6) is 0.208. The summed E-state index contributed by atoms with van der Waals surface area (Å²) in [6.07, 6.45) is 3.40. The van der Waals surface area contributed by atoms with E-state index in [9.17, 15) is 12.8 Å². The summed E-state index contributed by atoms with van der Waals surface area (Å²) < 4.78 is 42.6. The molecule has 5 rings (SSSR count). The fourth-order valence-corrected chi connectivity index (χ4v) is 4.71. The molecule has 1 aliphatic heterocycles. The lowest BCUT2D eigenvalue weighted by atomic mass is 10.0. The fraction of sp³-hybridized carbons (Fsp3) is 0.227. The van der Waals surface area contributed by atoms with Crippen LogP contribution in [0.15, 0.2) is 58.2 Å². The van der Waals surface area contributed by atoms with Crippen molar-refractivity contribution in [3.8, 4) is 11.4 Å². The van der Waals surface area contributed by atoms with Crippen LogP contribution < -0.4 is 0 Å². The lowest BCUT2D eigenvalue weighted by molar-refractivity contribution is 0.128. The van der Waals surface area contributed by atoms with Crippen LogP contribution in [0.5, 0.6) is 0 Å². The first-order valence-corrected chi connectivity index (χ1v) is 12.4. The molecule has 0 saturated carbocycles. The van der Waals surface area contributed by atoms with E-state index in [1.807, 2.05) is 0 Å². The summed E-state index contributed by atoms with van der Waals surface area (Å²) in [4.78, 5) is 14.6. The number of hydrogen-bond acceptors (Lipinski definition) is 7. The highest BCUT2D eigenvalue weighted by molar-refractivity contribution is 7.90. The highest BCUT2D eigenvalue weighted by Crippen LogP contribution is 2.33. The number of hydrogen-bond donors (Lipinski definition) is 1. The normalized spacial score (nSPS) is 16.6. The van der Waals surface area contributed by atoms with Gasteiger partial charge in [0.05, 0.1) is 33.7 Å². The predicted octanol–water partition coefficient (Wildman–Crippen LogP) is 3.96. The van der Waals surface area contributed by atoms with E-state index in [2.05, 4.69) is 25.0 Å². The molecule has 0 aliphatic carbocycles. The van der Waals surface area contributed by atoms with E-state index in [1.54, 1.807) is 36.7 Å². The number of nitrogens with one attached hydrogen (secondary N) is 1. The quantitative estimate of drug-likeness (QED) is 0.454. The molecule has 11 heteroatoms. The average molecular weight is 488 g/mol. The molecule has 2 aromatic heterocycles. The van der Waals surface area contributed by atoms with Crippen LogP contribution in [0.1, 0.15) is 28.9 Å². The van der Waals surface area contributed by atoms with Crippen LogP contribution >= 0.6 is 11.6 Å². The number of sulfone groups is 1. The summed E-state index contributed by atoms with van der Waals surface area (Å²) in [6, 6.07) is 10.8. The van der Waals surface area contributed by atoms with Gasteiger partial charge in [-0.1, -0.05) is 28.9 Å². The smallest absolute Gasteiger partial charge is 0.244 e. The van der Waals surface area contributed by atoms with E-state index < -0.39 is 15.7 Å². The molecular formula is C22H19ClFN5O3S. The number of H-pyrrole nitrogens is 1. The maximum Gasteiger partial charge on any atom is 0.244 e. The molecule has 0 saturated heterocycles. The van der Waals surface area contributed by atoms with Crippen LogP contribution in [0.2, 0.25) is 5.02 Å². The summed E-state index contributed by atoms with van der Waals surface area (Å²) in [7, 11) is -3.26. The first-order chi connectivity index (χ1) is 15.8. The van der Waals surface area contributed by atoms with E-state index in [1.165, 1.54) is 18.4 Å². The Bertz CT molecular complexity index is 1420. The van der Waals surface area contributed by atoms with Gasteiger partial charge < -0.3 is 9.51 Å². The van der Waals surface area contributed by atoms with Gasteiger partial charge in [0.15, 0.2) is 9.84 Å². The van der Waals surface area contributed by atoms with Crippen LogP contribution in [0, 0.1) is 5.82 Å². The minimum Gasteiger partial charge on any atom is -0.347 e. The average Bonchev–Trinajstić information content (AvgIpc) is 3.44. The zero-order valence-corrected chi connectivity index (χ0v) is 19.1. The molecule has 33 heavy (non-hydrogen) atoms. The van der Waals surface area contributed by atoms with Crippen molar-refractivity contribution < 1.29 is 17.3 Å². The highest BCUT2D eigenvalue weighted by atomic mass is 35.5. The summed E-state index contributed by atoms with van der Waals surface area (Å²) in [5.41, 5.74) is 3.42. The molecule has 2 aromatic carbocycles. The second-order valence-electron chi connectivity index (χ2n) is 7.95. The number of imidazole rings is 1. The molecule has 0 unspecified atom stereocenters. The number of halogens is 2. The van der Waals surface area contributed by atoms with E-state index in [0.29, 0.717) is 36.8 Å². The third-order valence-corrected chi connectivity index (χ3v) is 7.06. The minimum atomic E-state index is -3.26. The van der Waals surface area contributed by atoms with Gasteiger partial charge in [0.1, 0.15) is 5.82 Å². The van der Waals surface area contributed by atoms with Crippen LogP contribution in [0.3, 0.4) is 0 Å². The molecule has 0 fully saturated rings. The van der Waals surface area contributed by atoms with E-state index in [-0.39, 0.29) is 16.0 Å². The second kappa shape index (κ2) is 8.36. The largest absolute Gasteiger partial charge is 0.347 e. The van der Waals surface area contributed by atoms with Crippen molar-refractivity contribution in [2.45, 2.75) is 30.4 Å². The van der Waals surface area contributed by atoms with Gasteiger partial charge in [0.25, 0.3) is 0 Å². The van der Waals surface area contributed by atoms with Crippen molar-refractivity contribution in [3.63, 3.8) is 0 Å². The Morgan fingerprint density at radius 3 is 2.76 bits per heavy atom. The molecule has 170 valence electrons. The summed E-state index contributed by atoms with van der Waals surface area (Å²) >= 11 is 5.90. The molecule has 1 atom stereocenters. The number of aromatic amines is 1. The first kappa shape index (κ1) is 21.7.